The molecule has 0 saturated carbocycles. The van der Waals surface area contributed by atoms with Gasteiger partial charge in [-0.3, -0.25) is 4.79 Å². The first-order chi connectivity index (χ1) is 17.1. The van der Waals surface area contributed by atoms with Crippen LogP contribution in [0.5, 0.6) is 11.5 Å². The van der Waals surface area contributed by atoms with Crippen LogP contribution in [0.4, 0.5) is 5.00 Å². The third-order valence-corrected chi connectivity index (χ3v) is 6.67. The molecule has 1 amide bonds. The summed E-state index contributed by atoms with van der Waals surface area (Å²) < 4.78 is 21.6. The van der Waals surface area contributed by atoms with Gasteiger partial charge in [0.15, 0.2) is 11.5 Å². The van der Waals surface area contributed by atoms with Crippen molar-refractivity contribution in [3.05, 3.63) is 59.5 Å². The summed E-state index contributed by atoms with van der Waals surface area (Å²) in [6.45, 7) is 2.15. The minimum absolute atomic E-state index is 0.0175. The number of thiophene rings is 1. The Balaban J connectivity index is 1.26. The van der Waals surface area contributed by atoms with E-state index in [9.17, 15) is 9.59 Å². The molecule has 1 aliphatic rings. The molecule has 11 heteroatoms. The van der Waals surface area contributed by atoms with Crippen LogP contribution in [-0.2, 0) is 9.53 Å². The maximum atomic E-state index is 12.7. The van der Waals surface area contributed by atoms with E-state index in [0.29, 0.717) is 39.1 Å². The van der Waals surface area contributed by atoms with Gasteiger partial charge >= 0.3 is 5.97 Å². The lowest BCUT2D eigenvalue weighted by Crippen LogP contribution is -2.16. The molecule has 2 aromatic carbocycles. The predicted molar refractivity (Wildman–Crippen MR) is 131 cm³/mol. The number of aromatic nitrogens is 2. The third kappa shape index (κ3) is 5.00. The molecule has 0 fully saturated rings. The zero-order valence-corrected chi connectivity index (χ0v) is 20.1. The van der Waals surface area contributed by atoms with Crippen LogP contribution in [-0.4, -0.2) is 41.2 Å². The molecule has 1 N–H and O–H groups in total. The molecule has 9 nitrogen and oxygen atoms in total. The second-order valence-electron chi connectivity index (χ2n) is 7.22. The fourth-order valence-electron chi connectivity index (χ4n) is 3.39. The topological polar surface area (TPSA) is 113 Å². The zero-order valence-electron chi connectivity index (χ0n) is 18.5. The first-order valence-corrected chi connectivity index (χ1v) is 12.5. The van der Waals surface area contributed by atoms with Gasteiger partial charge in [0.2, 0.25) is 18.6 Å². The fraction of sp³-hybridized carbons (Fsp3) is 0.167. The van der Waals surface area contributed by atoms with Crippen LogP contribution in [0.15, 0.2) is 63.6 Å². The molecule has 1 aliphatic heterocycles. The van der Waals surface area contributed by atoms with Crippen LogP contribution < -0.4 is 14.8 Å². The summed E-state index contributed by atoms with van der Waals surface area (Å²) in [5.74, 6) is 0.791. The predicted octanol–water partition coefficient (Wildman–Crippen LogP) is 5.10. The van der Waals surface area contributed by atoms with E-state index in [1.165, 1.54) is 11.3 Å². The molecule has 0 spiro atoms. The van der Waals surface area contributed by atoms with E-state index in [2.05, 4.69) is 15.5 Å². The molecule has 178 valence electrons. The van der Waals surface area contributed by atoms with Crippen LogP contribution >= 0.6 is 23.1 Å². The van der Waals surface area contributed by atoms with Crippen molar-refractivity contribution in [2.24, 2.45) is 0 Å². The lowest BCUT2D eigenvalue weighted by Gasteiger charge is -2.08. The molecule has 0 radical (unpaired) electrons. The van der Waals surface area contributed by atoms with Crippen LogP contribution in [0, 0.1) is 0 Å². The summed E-state index contributed by atoms with van der Waals surface area (Å²) in [5.41, 5.74) is 2.60. The van der Waals surface area contributed by atoms with Crippen molar-refractivity contribution in [2.75, 3.05) is 24.5 Å². The lowest BCUT2D eigenvalue weighted by atomic mass is 10.0. The summed E-state index contributed by atoms with van der Waals surface area (Å²) in [7, 11) is 0. The van der Waals surface area contributed by atoms with Gasteiger partial charge in [-0.2, -0.15) is 0 Å². The Morgan fingerprint density at radius 3 is 2.74 bits per heavy atom. The second kappa shape index (κ2) is 10.2. The second-order valence-corrected chi connectivity index (χ2v) is 9.02. The molecule has 0 saturated heterocycles. The van der Waals surface area contributed by atoms with Gasteiger partial charge in [-0.1, -0.05) is 42.1 Å². The molecule has 0 aliphatic carbocycles. The third-order valence-electron chi connectivity index (χ3n) is 4.96. The minimum atomic E-state index is -0.485. The largest absolute Gasteiger partial charge is 0.462 e. The van der Waals surface area contributed by atoms with Gasteiger partial charge in [0.25, 0.3) is 5.22 Å². The van der Waals surface area contributed by atoms with E-state index in [1.807, 2.05) is 35.7 Å². The fourth-order valence-corrected chi connectivity index (χ4v) is 4.93. The Morgan fingerprint density at radius 1 is 1.09 bits per heavy atom. The average molecular weight is 510 g/mol. The highest BCUT2D eigenvalue weighted by Crippen LogP contribution is 2.37. The summed E-state index contributed by atoms with van der Waals surface area (Å²) in [6, 6.07) is 14.8. The molecule has 4 aromatic rings. The molecule has 3 heterocycles. The number of carbonyl (C=O) groups is 2. The van der Waals surface area contributed by atoms with Crippen molar-refractivity contribution < 1.29 is 28.2 Å². The number of nitrogens with zero attached hydrogens (tertiary/aromatic N) is 2. The Bertz CT molecular complexity index is 1370. The van der Waals surface area contributed by atoms with E-state index in [1.54, 1.807) is 25.1 Å². The van der Waals surface area contributed by atoms with Crippen molar-refractivity contribution >= 4 is 40.0 Å². The first-order valence-electron chi connectivity index (χ1n) is 10.6. The molecule has 2 aromatic heterocycles. The molecule has 0 bridgehead atoms. The highest BCUT2D eigenvalue weighted by atomic mass is 32.2. The van der Waals surface area contributed by atoms with Crippen molar-refractivity contribution in [1.82, 2.24) is 10.2 Å². The maximum absolute atomic E-state index is 12.7. The van der Waals surface area contributed by atoms with E-state index in [0.717, 1.165) is 17.3 Å². The number of nitrogens with one attached hydrogen (secondary N) is 1. The number of carbonyl (C=O) groups excluding carboxylic acids is 2. The molecule has 5 rings (SSSR count). The molecular weight excluding hydrogens is 490 g/mol. The zero-order chi connectivity index (χ0) is 24.2. The summed E-state index contributed by atoms with van der Waals surface area (Å²) in [4.78, 5) is 25.3. The van der Waals surface area contributed by atoms with E-state index in [-0.39, 0.29) is 30.3 Å². The van der Waals surface area contributed by atoms with E-state index >= 15 is 0 Å². The number of benzene rings is 2. The number of anilines is 1. The molecule has 35 heavy (non-hydrogen) atoms. The number of hydrogen-bond donors (Lipinski definition) is 1. The normalized spacial score (nSPS) is 11.9. The van der Waals surface area contributed by atoms with Crippen LogP contribution in [0.25, 0.3) is 22.6 Å². The summed E-state index contributed by atoms with van der Waals surface area (Å²) in [6.07, 6.45) is 0. The highest BCUT2D eigenvalue weighted by Gasteiger charge is 2.23. The van der Waals surface area contributed by atoms with E-state index < -0.39 is 5.97 Å². The van der Waals surface area contributed by atoms with Crippen LogP contribution in [0.2, 0.25) is 0 Å². The van der Waals surface area contributed by atoms with Crippen LogP contribution in [0.3, 0.4) is 0 Å². The summed E-state index contributed by atoms with van der Waals surface area (Å²) in [5, 5.41) is 13.4. The standard InChI is InChI=1S/C24H19N3O6S2/c1-2-30-23(29)20-16(14-6-4-3-5-7-14)11-34-22(20)25-19(28)12-35-24-27-26-21(33-24)15-8-9-17-18(10-15)32-13-31-17/h3-11H,2,12-13H2,1H3,(H,25,28). The molecule has 0 atom stereocenters. The van der Waals surface area contributed by atoms with E-state index in [4.69, 9.17) is 18.6 Å². The van der Waals surface area contributed by atoms with Gasteiger partial charge in [0.05, 0.1) is 12.4 Å². The molecule has 0 unspecified atom stereocenters. The number of esters is 1. The summed E-state index contributed by atoms with van der Waals surface area (Å²) >= 11 is 2.37. The Labute approximate surface area is 208 Å². The average Bonchev–Trinajstić information content (AvgIpc) is 3.62. The maximum Gasteiger partial charge on any atom is 0.341 e. The Morgan fingerprint density at radius 2 is 1.91 bits per heavy atom. The van der Waals surface area contributed by atoms with Crippen molar-refractivity contribution in [3.8, 4) is 34.1 Å². The van der Waals surface area contributed by atoms with Gasteiger partial charge < -0.3 is 23.9 Å². The first kappa shape index (κ1) is 22.9. The highest BCUT2D eigenvalue weighted by molar-refractivity contribution is 7.99. The van der Waals surface area contributed by atoms with Gasteiger partial charge in [0.1, 0.15) is 10.6 Å². The SMILES string of the molecule is CCOC(=O)c1c(-c2ccccc2)csc1NC(=O)CSc1nnc(-c2ccc3c(c2)OCO3)o1. The number of thioether (sulfide) groups is 1. The van der Waals surface area contributed by atoms with Crippen molar-refractivity contribution in [2.45, 2.75) is 12.1 Å². The molecular formula is C24H19N3O6S2. The quantitative estimate of drug-likeness (QED) is 0.256. The Kier molecular flexibility index (Phi) is 6.68. The number of rotatable bonds is 8. The smallest absolute Gasteiger partial charge is 0.341 e. The van der Waals surface area contributed by atoms with Gasteiger partial charge in [-0.25, -0.2) is 4.79 Å². The van der Waals surface area contributed by atoms with Gasteiger partial charge in [0, 0.05) is 16.5 Å². The lowest BCUT2D eigenvalue weighted by molar-refractivity contribution is -0.113. The Hall–Kier alpha value is -3.83. The van der Waals surface area contributed by atoms with Gasteiger partial charge in [-0.15, -0.1) is 21.5 Å². The van der Waals surface area contributed by atoms with Crippen molar-refractivity contribution in [3.63, 3.8) is 0 Å². The number of amides is 1. The number of ether oxygens (including phenoxy) is 3. The van der Waals surface area contributed by atoms with Crippen molar-refractivity contribution in [1.29, 1.82) is 0 Å². The number of fused-ring (bicyclic) bond motifs is 1. The monoisotopic (exact) mass is 509 g/mol. The van der Waals surface area contributed by atoms with Crippen LogP contribution in [0.1, 0.15) is 17.3 Å². The van der Waals surface area contributed by atoms with Gasteiger partial charge in [-0.05, 0) is 30.7 Å². The minimum Gasteiger partial charge on any atom is -0.462 e. The number of hydrogen-bond acceptors (Lipinski definition) is 10.